The third-order valence-electron chi connectivity index (χ3n) is 4.62. The van der Waals surface area contributed by atoms with Crippen molar-refractivity contribution < 1.29 is 4.92 Å². The predicted molar refractivity (Wildman–Crippen MR) is 92.0 cm³/mol. The molecule has 2 unspecified atom stereocenters. The molecule has 0 bridgehead atoms. The van der Waals surface area contributed by atoms with Crippen molar-refractivity contribution in [1.29, 1.82) is 0 Å². The largest absolute Gasteiger partial charge is 0.301 e. The fourth-order valence-electron chi connectivity index (χ4n) is 3.64. The van der Waals surface area contributed by atoms with E-state index in [1.807, 2.05) is 0 Å². The third-order valence-corrected chi connectivity index (χ3v) is 4.62. The summed E-state index contributed by atoms with van der Waals surface area (Å²) in [6.07, 6.45) is 2.78. The Morgan fingerprint density at radius 1 is 1.25 bits per heavy atom. The van der Waals surface area contributed by atoms with Crippen molar-refractivity contribution in [3.8, 4) is 0 Å². The summed E-state index contributed by atoms with van der Waals surface area (Å²) in [4.78, 5) is 29.6. The summed E-state index contributed by atoms with van der Waals surface area (Å²) >= 11 is 0. The first-order valence-electron chi connectivity index (χ1n) is 8.30. The minimum absolute atomic E-state index is 0.0853. The molecule has 0 aliphatic carbocycles. The minimum Gasteiger partial charge on any atom is -0.301 e. The molecule has 1 aliphatic rings. The molecule has 2 atom stereocenters. The van der Waals surface area contributed by atoms with E-state index >= 15 is 0 Å². The van der Waals surface area contributed by atoms with Crippen LogP contribution in [0.5, 0.6) is 0 Å². The van der Waals surface area contributed by atoms with Crippen LogP contribution in [0.3, 0.4) is 0 Å². The maximum absolute atomic E-state index is 12.6. The van der Waals surface area contributed by atoms with Gasteiger partial charge in [0.05, 0.1) is 22.2 Å². The summed E-state index contributed by atoms with van der Waals surface area (Å²) < 4.78 is 1.55. The Morgan fingerprint density at radius 2 is 1.96 bits per heavy atom. The van der Waals surface area contributed by atoms with Crippen LogP contribution in [0.4, 0.5) is 5.69 Å². The van der Waals surface area contributed by atoms with Crippen molar-refractivity contribution in [3.05, 3.63) is 45.0 Å². The maximum Gasteiger partial charge on any atom is 0.270 e. The fraction of sp³-hybridized carbons (Fsp3) is 0.529. The van der Waals surface area contributed by atoms with Crippen LogP contribution in [-0.2, 0) is 6.54 Å². The van der Waals surface area contributed by atoms with Gasteiger partial charge in [0.1, 0.15) is 0 Å². The van der Waals surface area contributed by atoms with E-state index in [0.717, 1.165) is 19.6 Å². The van der Waals surface area contributed by atoms with Gasteiger partial charge in [-0.2, -0.15) is 0 Å². The molecule has 3 rings (SSSR count). The minimum atomic E-state index is -0.493. The lowest BCUT2D eigenvalue weighted by molar-refractivity contribution is -0.384. The molecule has 1 aliphatic heterocycles. The highest BCUT2D eigenvalue weighted by Crippen LogP contribution is 2.20. The Kier molecular flexibility index (Phi) is 4.62. The van der Waals surface area contributed by atoms with Gasteiger partial charge in [-0.05, 0) is 24.3 Å². The number of rotatable bonds is 4. The van der Waals surface area contributed by atoms with Crippen LogP contribution in [0, 0.1) is 22.0 Å². The highest BCUT2D eigenvalue weighted by atomic mass is 16.6. The van der Waals surface area contributed by atoms with E-state index in [0.29, 0.717) is 29.3 Å². The molecule has 1 aromatic carbocycles. The van der Waals surface area contributed by atoms with Gasteiger partial charge in [-0.3, -0.25) is 19.5 Å². The summed E-state index contributed by atoms with van der Waals surface area (Å²) in [6.45, 7) is 7.94. The molecule has 1 aromatic heterocycles. The number of piperidine rings is 1. The molecule has 24 heavy (non-hydrogen) atoms. The molecular weight excluding hydrogens is 308 g/mol. The van der Waals surface area contributed by atoms with Crippen molar-refractivity contribution in [1.82, 2.24) is 14.5 Å². The topological polar surface area (TPSA) is 81.3 Å². The summed E-state index contributed by atoms with van der Waals surface area (Å²) in [5.74, 6) is 1.34. The van der Waals surface area contributed by atoms with Gasteiger partial charge in [0.25, 0.3) is 11.2 Å². The smallest absolute Gasteiger partial charge is 0.270 e. The number of nitrogens with zero attached hydrogens (tertiary/aromatic N) is 4. The number of non-ortho nitro benzene ring substituents is 1. The first-order chi connectivity index (χ1) is 11.4. The molecule has 0 saturated carbocycles. The lowest BCUT2D eigenvalue weighted by Gasteiger charge is -2.34. The quantitative estimate of drug-likeness (QED) is 0.634. The van der Waals surface area contributed by atoms with E-state index in [-0.39, 0.29) is 11.2 Å². The Labute approximate surface area is 140 Å². The fourth-order valence-corrected chi connectivity index (χ4v) is 3.64. The number of likely N-dealkylation sites (tertiary alicyclic amines) is 1. The van der Waals surface area contributed by atoms with Crippen LogP contribution >= 0.6 is 0 Å². The van der Waals surface area contributed by atoms with Crippen molar-refractivity contribution in [2.24, 2.45) is 11.8 Å². The molecule has 2 heterocycles. The van der Waals surface area contributed by atoms with E-state index in [2.05, 4.69) is 23.7 Å². The molecule has 0 amide bonds. The zero-order valence-corrected chi connectivity index (χ0v) is 14.0. The van der Waals surface area contributed by atoms with Gasteiger partial charge in [-0.1, -0.05) is 13.8 Å². The standard InChI is InChI=1S/C17H22N4O3/c1-12-7-13(2)10-19(9-12)5-6-20-11-18-16-4-3-14(21(23)24)8-15(16)17(20)22/h3-4,8,11-13H,5-7,9-10H2,1-2H3. The number of hydrogen-bond donors (Lipinski definition) is 0. The summed E-state index contributed by atoms with van der Waals surface area (Å²) in [5, 5.41) is 11.2. The van der Waals surface area contributed by atoms with Gasteiger partial charge in [-0.25, -0.2) is 4.98 Å². The first-order valence-corrected chi connectivity index (χ1v) is 8.30. The molecule has 0 N–H and O–H groups in total. The first kappa shape index (κ1) is 16.6. The average Bonchev–Trinajstić information content (AvgIpc) is 2.53. The van der Waals surface area contributed by atoms with Gasteiger partial charge in [0, 0.05) is 38.3 Å². The highest BCUT2D eigenvalue weighted by Gasteiger charge is 2.21. The Balaban J connectivity index is 1.81. The number of fused-ring (bicyclic) bond motifs is 1. The molecule has 1 saturated heterocycles. The van der Waals surface area contributed by atoms with E-state index in [4.69, 9.17) is 0 Å². The Hall–Kier alpha value is -2.28. The molecule has 0 radical (unpaired) electrons. The van der Waals surface area contributed by atoms with Crippen LogP contribution in [0.2, 0.25) is 0 Å². The van der Waals surface area contributed by atoms with Crippen LogP contribution in [0.25, 0.3) is 10.9 Å². The Morgan fingerprint density at radius 3 is 2.62 bits per heavy atom. The van der Waals surface area contributed by atoms with E-state index in [9.17, 15) is 14.9 Å². The third kappa shape index (κ3) is 3.46. The summed E-state index contributed by atoms with van der Waals surface area (Å²) in [5.41, 5.74) is 0.182. The van der Waals surface area contributed by atoms with Gasteiger partial charge in [0.2, 0.25) is 0 Å². The lowest BCUT2D eigenvalue weighted by atomic mass is 9.92. The molecule has 128 valence electrons. The summed E-state index contributed by atoms with van der Waals surface area (Å²) in [6, 6.07) is 4.20. The highest BCUT2D eigenvalue weighted by molar-refractivity contribution is 5.79. The number of benzene rings is 1. The molecule has 0 spiro atoms. The van der Waals surface area contributed by atoms with Crippen LogP contribution in [0.1, 0.15) is 20.3 Å². The van der Waals surface area contributed by atoms with E-state index in [1.54, 1.807) is 4.57 Å². The normalized spacial score (nSPS) is 21.9. The number of hydrogen-bond acceptors (Lipinski definition) is 5. The van der Waals surface area contributed by atoms with Gasteiger partial charge >= 0.3 is 0 Å². The van der Waals surface area contributed by atoms with E-state index < -0.39 is 4.92 Å². The number of nitro groups is 1. The van der Waals surface area contributed by atoms with Crippen molar-refractivity contribution in [3.63, 3.8) is 0 Å². The van der Waals surface area contributed by atoms with Crippen LogP contribution in [0.15, 0.2) is 29.3 Å². The molecule has 7 nitrogen and oxygen atoms in total. The van der Waals surface area contributed by atoms with Crippen molar-refractivity contribution in [2.75, 3.05) is 19.6 Å². The van der Waals surface area contributed by atoms with Gasteiger partial charge in [-0.15, -0.1) is 0 Å². The zero-order valence-electron chi connectivity index (χ0n) is 14.0. The molecule has 7 heteroatoms. The second kappa shape index (κ2) is 6.68. The van der Waals surface area contributed by atoms with Gasteiger partial charge in [0.15, 0.2) is 0 Å². The van der Waals surface area contributed by atoms with Crippen LogP contribution in [-0.4, -0.2) is 39.0 Å². The second-order valence-electron chi connectivity index (χ2n) is 6.91. The molecule has 2 aromatic rings. The Bertz CT molecular complexity index is 807. The lowest BCUT2D eigenvalue weighted by Crippen LogP contribution is -2.41. The second-order valence-corrected chi connectivity index (χ2v) is 6.91. The SMILES string of the molecule is CC1CC(C)CN(CCn2cnc3ccc([N+](=O)[O-])cc3c2=O)C1. The zero-order chi connectivity index (χ0) is 17.3. The predicted octanol–water partition coefficient (Wildman–Crippen LogP) is 2.28. The number of aromatic nitrogens is 2. The average molecular weight is 330 g/mol. The number of nitro benzene ring substituents is 1. The monoisotopic (exact) mass is 330 g/mol. The maximum atomic E-state index is 12.6. The van der Waals surface area contributed by atoms with Crippen molar-refractivity contribution in [2.45, 2.75) is 26.8 Å². The van der Waals surface area contributed by atoms with E-state index in [1.165, 1.54) is 30.9 Å². The molecular formula is C17H22N4O3. The van der Waals surface area contributed by atoms with Crippen molar-refractivity contribution >= 4 is 16.6 Å². The summed E-state index contributed by atoms with van der Waals surface area (Å²) in [7, 11) is 0. The molecule has 1 fully saturated rings. The van der Waals surface area contributed by atoms with Crippen LogP contribution < -0.4 is 5.56 Å². The van der Waals surface area contributed by atoms with Gasteiger partial charge < -0.3 is 4.90 Å².